The van der Waals surface area contributed by atoms with Crippen LogP contribution in [0.15, 0.2) is 71.6 Å². The van der Waals surface area contributed by atoms with Crippen LogP contribution in [0, 0.1) is 0 Å². The summed E-state index contributed by atoms with van der Waals surface area (Å²) in [7, 11) is -4.01. The number of rotatable bonds is 4. The van der Waals surface area contributed by atoms with Gasteiger partial charge < -0.3 is 0 Å². The molecule has 3 aromatic carbocycles. The van der Waals surface area contributed by atoms with Crippen LogP contribution < -0.4 is 0 Å². The van der Waals surface area contributed by atoms with Gasteiger partial charge in [-0.25, -0.2) is 8.42 Å². The van der Waals surface area contributed by atoms with Crippen molar-refractivity contribution in [3.63, 3.8) is 0 Å². The molecule has 1 aromatic heterocycles. The van der Waals surface area contributed by atoms with Gasteiger partial charge in [-0.3, -0.25) is 14.5 Å². The van der Waals surface area contributed by atoms with Crippen LogP contribution in [0.2, 0.25) is 0 Å². The van der Waals surface area contributed by atoms with E-state index in [0.29, 0.717) is 28.6 Å². The van der Waals surface area contributed by atoms with Crippen molar-refractivity contribution < 1.29 is 18.0 Å². The zero-order valence-electron chi connectivity index (χ0n) is 17.8. The zero-order valence-corrected chi connectivity index (χ0v) is 19.4. The SMILES string of the molecule is O=C1c2ccccc2C(=O)N1C[C@@H]1c2ccccc2CCN1S(=O)(=O)c1cccc2nsnc12. The molecule has 0 spiro atoms. The van der Waals surface area contributed by atoms with E-state index in [-0.39, 0.29) is 18.0 Å². The summed E-state index contributed by atoms with van der Waals surface area (Å²) in [5.41, 5.74) is 3.31. The molecule has 0 bridgehead atoms. The number of benzene rings is 3. The first-order valence-corrected chi connectivity index (χ1v) is 12.9. The van der Waals surface area contributed by atoms with Crippen LogP contribution in [0.25, 0.3) is 11.0 Å². The number of aromatic nitrogens is 2. The van der Waals surface area contributed by atoms with Crippen LogP contribution in [0.1, 0.15) is 37.9 Å². The van der Waals surface area contributed by atoms with Gasteiger partial charge in [0.25, 0.3) is 11.8 Å². The highest BCUT2D eigenvalue weighted by Gasteiger charge is 2.43. The number of hydrogen-bond acceptors (Lipinski definition) is 7. The van der Waals surface area contributed by atoms with Gasteiger partial charge in [-0.1, -0.05) is 42.5 Å². The molecule has 2 amide bonds. The van der Waals surface area contributed by atoms with Gasteiger partial charge in [-0.05, 0) is 41.8 Å². The first kappa shape index (κ1) is 21.1. The number of nitrogens with zero attached hydrogens (tertiary/aromatic N) is 4. The van der Waals surface area contributed by atoms with Crippen LogP contribution in [-0.2, 0) is 16.4 Å². The summed E-state index contributed by atoms with van der Waals surface area (Å²) in [6.45, 7) is 0.148. The number of sulfonamides is 1. The summed E-state index contributed by atoms with van der Waals surface area (Å²) in [5, 5.41) is 0. The first-order chi connectivity index (χ1) is 16.5. The third kappa shape index (κ3) is 3.10. The van der Waals surface area contributed by atoms with Crippen molar-refractivity contribution in [1.82, 2.24) is 18.0 Å². The fourth-order valence-electron chi connectivity index (χ4n) is 4.80. The molecule has 0 N–H and O–H groups in total. The average Bonchev–Trinajstić information content (AvgIpc) is 3.43. The van der Waals surface area contributed by atoms with E-state index in [0.717, 1.165) is 27.8 Å². The Hall–Kier alpha value is -3.47. The number of carbonyl (C=O) groups excluding carboxylic acids is 2. The van der Waals surface area contributed by atoms with E-state index in [9.17, 15) is 18.0 Å². The van der Waals surface area contributed by atoms with E-state index in [2.05, 4.69) is 8.75 Å². The molecule has 2 aliphatic heterocycles. The molecule has 6 rings (SSSR count). The lowest BCUT2D eigenvalue weighted by molar-refractivity contribution is 0.0616. The Balaban J connectivity index is 1.45. The number of fused-ring (bicyclic) bond motifs is 3. The fraction of sp³-hybridized carbons (Fsp3) is 0.167. The highest BCUT2D eigenvalue weighted by molar-refractivity contribution is 7.89. The zero-order chi connectivity index (χ0) is 23.4. The van der Waals surface area contributed by atoms with Crippen LogP contribution in [-0.4, -0.2) is 51.3 Å². The summed E-state index contributed by atoms with van der Waals surface area (Å²) >= 11 is 0.958. The quantitative estimate of drug-likeness (QED) is 0.407. The number of hydrogen-bond donors (Lipinski definition) is 0. The number of imide groups is 1. The molecular weight excluding hydrogens is 472 g/mol. The molecule has 34 heavy (non-hydrogen) atoms. The van der Waals surface area contributed by atoms with Crippen molar-refractivity contribution in [1.29, 1.82) is 0 Å². The highest BCUT2D eigenvalue weighted by Crippen LogP contribution is 2.37. The Morgan fingerprint density at radius 2 is 1.59 bits per heavy atom. The predicted molar refractivity (Wildman–Crippen MR) is 126 cm³/mol. The van der Waals surface area contributed by atoms with E-state index in [1.807, 2.05) is 24.3 Å². The topological polar surface area (TPSA) is 101 Å². The van der Waals surface area contributed by atoms with Crippen molar-refractivity contribution in [3.05, 3.63) is 89.0 Å². The molecule has 2 aliphatic rings. The Kier molecular flexibility index (Phi) is 4.83. The predicted octanol–water partition coefficient (Wildman–Crippen LogP) is 3.28. The summed E-state index contributed by atoms with van der Waals surface area (Å²) in [6.07, 6.45) is 0.527. The van der Waals surface area contributed by atoms with E-state index in [4.69, 9.17) is 0 Å². The molecule has 0 saturated carbocycles. The summed E-state index contributed by atoms with van der Waals surface area (Å²) in [5.74, 6) is -0.821. The minimum Gasteiger partial charge on any atom is -0.272 e. The number of carbonyl (C=O) groups is 2. The highest BCUT2D eigenvalue weighted by atomic mass is 32.2. The van der Waals surface area contributed by atoms with Crippen LogP contribution in [0.3, 0.4) is 0 Å². The van der Waals surface area contributed by atoms with E-state index >= 15 is 0 Å². The van der Waals surface area contributed by atoms with Crippen LogP contribution >= 0.6 is 11.7 Å². The van der Waals surface area contributed by atoms with Crippen molar-refractivity contribution in [2.75, 3.05) is 13.1 Å². The van der Waals surface area contributed by atoms with E-state index in [1.54, 1.807) is 36.4 Å². The lowest BCUT2D eigenvalue weighted by atomic mass is 9.94. The minimum absolute atomic E-state index is 0.0745. The smallest absolute Gasteiger partial charge is 0.261 e. The maximum Gasteiger partial charge on any atom is 0.261 e. The van der Waals surface area contributed by atoms with Gasteiger partial charge >= 0.3 is 0 Å². The van der Waals surface area contributed by atoms with E-state index in [1.165, 1.54) is 10.4 Å². The lowest BCUT2D eigenvalue weighted by Crippen LogP contribution is -2.46. The van der Waals surface area contributed by atoms with Crippen molar-refractivity contribution >= 4 is 44.6 Å². The van der Waals surface area contributed by atoms with E-state index < -0.39 is 27.9 Å². The molecule has 0 fully saturated rings. The molecule has 8 nitrogen and oxygen atoms in total. The average molecular weight is 491 g/mol. The summed E-state index contributed by atoms with van der Waals surface area (Å²) < 4.78 is 37.7. The van der Waals surface area contributed by atoms with Crippen molar-refractivity contribution in [2.24, 2.45) is 0 Å². The maximum absolute atomic E-state index is 13.9. The van der Waals surface area contributed by atoms with Gasteiger partial charge in [0.1, 0.15) is 15.9 Å². The Labute approximate surface area is 199 Å². The molecule has 0 radical (unpaired) electrons. The third-order valence-electron chi connectivity index (χ3n) is 6.43. The molecule has 0 aliphatic carbocycles. The molecule has 4 aromatic rings. The molecule has 10 heteroatoms. The van der Waals surface area contributed by atoms with Crippen molar-refractivity contribution in [3.8, 4) is 0 Å². The van der Waals surface area contributed by atoms with Gasteiger partial charge in [0.05, 0.1) is 35.4 Å². The second kappa shape index (κ2) is 7.79. The molecule has 3 heterocycles. The molecular formula is C24H18N4O4S2. The van der Waals surface area contributed by atoms with Gasteiger partial charge in [0.15, 0.2) is 0 Å². The normalized spacial score (nSPS) is 18.4. The van der Waals surface area contributed by atoms with Gasteiger partial charge in [0, 0.05) is 6.54 Å². The Bertz CT molecular complexity index is 1550. The molecule has 0 unspecified atom stereocenters. The largest absolute Gasteiger partial charge is 0.272 e. The fourth-order valence-corrected chi connectivity index (χ4v) is 7.15. The summed E-state index contributed by atoms with van der Waals surface area (Å²) in [6, 6.07) is 18.4. The molecule has 0 saturated heterocycles. The van der Waals surface area contributed by atoms with Gasteiger partial charge in [-0.2, -0.15) is 13.1 Å². The number of amides is 2. The summed E-state index contributed by atoms with van der Waals surface area (Å²) in [4.78, 5) is 27.4. The van der Waals surface area contributed by atoms with Gasteiger partial charge in [0.2, 0.25) is 10.0 Å². The van der Waals surface area contributed by atoms with Gasteiger partial charge in [-0.15, -0.1) is 0 Å². The monoisotopic (exact) mass is 490 g/mol. The third-order valence-corrected chi connectivity index (χ3v) is 8.91. The standard InChI is InChI=1S/C24H18N4O4S2/c29-23-17-8-3-4-9-18(17)24(30)27(23)14-20-16-7-2-1-6-15(16)12-13-28(20)34(31,32)21-11-5-10-19-22(21)26-33-25-19/h1-11,20H,12-14H2/t20-/m1/s1. The van der Waals surface area contributed by atoms with Crippen LogP contribution in [0.4, 0.5) is 0 Å². The lowest BCUT2D eigenvalue weighted by Gasteiger charge is -2.37. The second-order valence-electron chi connectivity index (χ2n) is 8.23. The second-order valence-corrected chi connectivity index (χ2v) is 10.6. The molecule has 1 atom stereocenters. The minimum atomic E-state index is -4.01. The first-order valence-electron chi connectivity index (χ1n) is 10.7. The van der Waals surface area contributed by atoms with Crippen LogP contribution in [0.5, 0.6) is 0 Å². The maximum atomic E-state index is 13.9. The Morgan fingerprint density at radius 1 is 0.882 bits per heavy atom. The van der Waals surface area contributed by atoms with Crippen molar-refractivity contribution in [2.45, 2.75) is 17.4 Å². The Morgan fingerprint density at radius 3 is 2.35 bits per heavy atom. The molecule has 170 valence electrons.